The summed E-state index contributed by atoms with van der Waals surface area (Å²) in [5.74, 6) is 1.88. The molecule has 0 radical (unpaired) electrons. The molecule has 0 N–H and O–H groups in total. The molecule has 23 heavy (non-hydrogen) atoms. The summed E-state index contributed by atoms with van der Waals surface area (Å²) in [7, 11) is 4.82. The molecule has 0 spiro atoms. The van der Waals surface area contributed by atoms with E-state index >= 15 is 0 Å². The molecule has 4 heteroatoms. The van der Waals surface area contributed by atoms with Gasteiger partial charge in [0.05, 0.1) is 21.3 Å². The highest BCUT2D eigenvalue weighted by Crippen LogP contribution is 2.38. The first-order chi connectivity index (χ1) is 11.2. The molecule has 1 heterocycles. The van der Waals surface area contributed by atoms with Crippen LogP contribution in [0.1, 0.15) is 18.1 Å². The van der Waals surface area contributed by atoms with Crippen LogP contribution in [0.25, 0.3) is 12.2 Å². The lowest BCUT2D eigenvalue weighted by Crippen LogP contribution is -1.95. The Morgan fingerprint density at radius 1 is 0.913 bits per heavy atom. The van der Waals surface area contributed by atoms with E-state index in [1.807, 2.05) is 37.3 Å². The van der Waals surface area contributed by atoms with E-state index in [0.29, 0.717) is 17.2 Å². The van der Waals surface area contributed by atoms with Crippen LogP contribution in [0.2, 0.25) is 0 Å². The summed E-state index contributed by atoms with van der Waals surface area (Å²) in [4.78, 5) is 4.01. The standard InChI is InChI=1S/C19H21NO3/c1-14(5-6-15-7-9-20-10-8-15)11-16-12-17(21-2)19(23-4)18(13-16)22-3/h5-13H,1-4H3/b6-5+,14-11+. The van der Waals surface area contributed by atoms with Crippen LogP contribution < -0.4 is 14.2 Å². The number of nitrogens with zero attached hydrogens (tertiary/aromatic N) is 1. The molecule has 0 amide bonds. The summed E-state index contributed by atoms with van der Waals surface area (Å²) in [5, 5.41) is 0. The Bertz CT molecular complexity index is 681. The zero-order chi connectivity index (χ0) is 16.7. The third-order valence-corrected chi connectivity index (χ3v) is 3.33. The number of rotatable bonds is 6. The summed E-state index contributed by atoms with van der Waals surface area (Å²) in [6, 6.07) is 7.77. The molecule has 0 unspecified atom stereocenters. The molecule has 0 aliphatic heterocycles. The number of hydrogen-bond donors (Lipinski definition) is 0. The molecule has 0 aliphatic carbocycles. The van der Waals surface area contributed by atoms with Gasteiger partial charge in [-0.25, -0.2) is 0 Å². The molecule has 0 aliphatic rings. The maximum Gasteiger partial charge on any atom is 0.203 e. The van der Waals surface area contributed by atoms with Crippen LogP contribution in [-0.2, 0) is 0 Å². The van der Waals surface area contributed by atoms with Gasteiger partial charge in [-0.2, -0.15) is 0 Å². The van der Waals surface area contributed by atoms with Crippen LogP contribution in [0.3, 0.4) is 0 Å². The van der Waals surface area contributed by atoms with Gasteiger partial charge in [-0.05, 0) is 42.3 Å². The van der Waals surface area contributed by atoms with E-state index in [4.69, 9.17) is 14.2 Å². The van der Waals surface area contributed by atoms with Gasteiger partial charge in [0, 0.05) is 12.4 Å². The molecule has 1 aromatic carbocycles. The van der Waals surface area contributed by atoms with Crippen molar-refractivity contribution < 1.29 is 14.2 Å². The molecule has 0 atom stereocenters. The summed E-state index contributed by atoms with van der Waals surface area (Å²) in [6.07, 6.45) is 9.71. The monoisotopic (exact) mass is 311 g/mol. The molecule has 1 aromatic heterocycles. The molecule has 0 bridgehead atoms. The minimum atomic E-state index is 0.595. The summed E-state index contributed by atoms with van der Waals surface area (Å²) < 4.78 is 16.1. The molecule has 2 aromatic rings. The van der Waals surface area contributed by atoms with E-state index in [0.717, 1.165) is 16.7 Å². The SMILES string of the molecule is COc1cc(/C=C(C)/C=C/c2ccncc2)cc(OC)c1OC. The van der Waals surface area contributed by atoms with Crippen molar-refractivity contribution in [3.8, 4) is 17.2 Å². The third kappa shape index (κ3) is 4.36. The smallest absolute Gasteiger partial charge is 0.203 e. The highest BCUT2D eigenvalue weighted by atomic mass is 16.5. The lowest BCUT2D eigenvalue weighted by atomic mass is 10.1. The van der Waals surface area contributed by atoms with Crippen molar-refractivity contribution in [3.05, 3.63) is 59.4 Å². The van der Waals surface area contributed by atoms with E-state index in [9.17, 15) is 0 Å². The van der Waals surface area contributed by atoms with Gasteiger partial charge < -0.3 is 14.2 Å². The van der Waals surface area contributed by atoms with E-state index in [1.165, 1.54) is 0 Å². The van der Waals surface area contributed by atoms with E-state index < -0.39 is 0 Å². The molecule has 0 saturated heterocycles. The van der Waals surface area contributed by atoms with Crippen LogP contribution in [-0.4, -0.2) is 26.3 Å². The molecular weight excluding hydrogens is 290 g/mol. The number of aromatic nitrogens is 1. The van der Waals surface area contributed by atoms with Gasteiger partial charge in [0.2, 0.25) is 5.75 Å². The lowest BCUT2D eigenvalue weighted by Gasteiger charge is -2.13. The van der Waals surface area contributed by atoms with Crippen LogP contribution >= 0.6 is 0 Å². The summed E-state index contributed by atoms with van der Waals surface area (Å²) >= 11 is 0. The quantitative estimate of drug-likeness (QED) is 0.749. The van der Waals surface area contributed by atoms with Crippen LogP contribution in [0.15, 0.2) is 48.3 Å². The first kappa shape index (κ1) is 16.6. The summed E-state index contributed by atoms with van der Waals surface area (Å²) in [5.41, 5.74) is 3.20. The number of methoxy groups -OCH3 is 3. The van der Waals surface area contributed by atoms with E-state index in [-0.39, 0.29) is 0 Å². The maximum absolute atomic E-state index is 5.37. The first-order valence-electron chi connectivity index (χ1n) is 7.24. The second-order valence-corrected chi connectivity index (χ2v) is 4.96. The van der Waals surface area contributed by atoms with Crippen LogP contribution in [0, 0.1) is 0 Å². The van der Waals surface area contributed by atoms with Crippen molar-refractivity contribution in [1.29, 1.82) is 0 Å². The molecule has 4 nitrogen and oxygen atoms in total. The molecule has 0 fully saturated rings. The predicted molar refractivity (Wildman–Crippen MR) is 93.0 cm³/mol. The molecule has 120 valence electrons. The highest BCUT2D eigenvalue weighted by molar-refractivity contribution is 5.66. The predicted octanol–water partition coefficient (Wildman–Crippen LogP) is 4.22. The second kappa shape index (κ2) is 8.03. The van der Waals surface area contributed by atoms with Crippen molar-refractivity contribution >= 4 is 12.2 Å². The van der Waals surface area contributed by atoms with Crippen molar-refractivity contribution in [1.82, 2.24) is 4.98 Å². The Morgan fingerprint density at radius 3 is 2.04 bits per heavy atom. The topological polar surface area (TPSA) is 40.6 Å². The number of hydrogen-bond acceptors (Lipinski definition) is 4. The van der Waals surface area contributed by atoms with Gasteiger partial charge in [0.1, 0.15) is 0 Å². The third-order valence-electron chi connectivity index (χ3n) is 3.33. The Kier molecular flexibility index (Phi) is 5.80. The van der Waals surface area contributed by atoms with Crippen molar-refractivity contribution in [2.75, 3.05) is 21.3 Å². The van der Waals surface area contributed by atoms with Crippen molar-refractivity contribution in [2.24, 2.45) is 0 Å². The summed E-state index contributed by atoms with van der Waals surface area (Å²) in [6.45, 7) is 2.04. The van der Waals surface area contributed by atoms with E-state index in [2.05, 4.69) is 17.1 Å². The van der Waals surface area contributed by atoms with Crippen molar-refractivity contribution in [2.45, 2.75) is 6.92 Å². The highest BCUT2D eigenvalue weighted by Gasteiger charge is 2.12. The number of ether oxygens (including phenoxy) is 3. The van der Waals surface area contributed by atoms with Crippen LogP contribution in [0.4, 0.5) is 0 Å². The average Bonchev–Trinajstić information content (AvgIpc) is 2.59. The number of allylic oxidation sites excluding steroid dienone is 2. The van der Waals surface area contributed by atoms with Crippen LogP contribution in [0.5, 0.6) is 17.2 Å². The van der Waals surface area contributed by atoms with Gasteiger partial charge in [-0.1, -0.05) is 23.8 Å². The average molecular weight is 311 g/mol. The van der Waals surface area contributed by atoms with Gasteiger partial charge in [0.15, 0.2) is 11.5 Å². The number of pyridine rings is 1. The zero-order valence-corrected chi connectivity index (χ0v) is 13.9. The van der Waals surface area contributed by atoms with Crippen molar-refractivity contribution in [3.63, 3.8) is 0 Å². The fourth-order valence-electron chi connectivity index (χ4n) is 2.20. The van der Waals surface area contributed by atoms with Gasteiger partial charge in [0.25, 0.3) is 0 Å². The number of benzene rings is 1. The Labute approximate surface area is 137 Å². The lowest BCUT2D eigenvalue weighted by molar-refractivity contribution is 0.324. The maximum atomic E-state index is 5.37. The van der Waals surface area contributed by atoms with Gasteiger partial charge in [-0.15, -0.1) is 0 Å². The molecule has 2 rings (SSSR count). The fourth-order valence-corrected chi connectivity index (χ4v) is 2.20. The zero-order valence-electron chi connectivity index (χ0n) is 13.9. The second-order valence-electron chi connectivity index (χ2n) is 4.96. The first-order valence-corrected chi connectivity index (χ1v) is 7.24. The van der Waals surface area contributed by atoms with Gasteiger partial charge >= 0.3 is 0 Å². The normalized spacial score (nSPS) is 11.6. The van der Waals surface area contributed by atoms with E-state index in [1.54, 1.807) is 33.7 Å². The molecular formula is C19H21NO3. The Morgan fingerprint density at radius 2 is 1.52 bits per heavy atom. The fraction of sp³-hybridized carbons (Fsp3) is 0.211. The minimum Gasteiger partial charge on any atom is -0.493 e. The van der Waals surface area contributed by atoms with Gasteiger partial charge in [-0.3, -0.25) is 4.98 Å². The Balaban J connectivity index is 2.29. The Hall–Kier alpha value is -2.75. The largest absolute Gasteiger partial charge is 0.493 e. The molecule has 0 saturated carbocycles. The minimum absolute atomic E-state index is 0.595.